The number of hydrogen-bond donors (Lipinski definition) is 2. The van der Waals surface area contributed by atoms with Crippen LogP contribution in [-0.2, 0) is 6.54 Å². The Morgan fingerprint density at radius 3 is 3.00 bits per heavy atom. The maximum absolute atomic E-state index is 12.1. The summed E-state index contributed by atoms with van der Waals surface area (Å²) >= 11 is 5.91. The molecule has 0 spiro atoms. The summed E-state index contributed by atoms with van der Waals surface area (Å²) in [6.45, 7) is 4.65. The Morgan fingerprint density at radius 2 is 2.32 bits per heavy atom. The van der Waals surface area contributed by atoms with Gasteiger partial charge in [-0.05, 0) is 44.0 Å². The number of aromatic nitrogens is 2. The van der Waals surface area contributed by atoms with Crippen LogP contribution in [0.3, 0.4) is 0 Å². The summed E-state index contributed by atoms with van der Waals surface area (Å²) in [5, 5.41) is 1.07. The van der Waals surface area contributed by atoms with Crippen molar-refractivity contribution in [3.63, 3.8) is 0 Å². The highest BCUT2D eigenvalue weighted by molar-refractivity contribution is 6.31. The van der Waals surface area contributed by atoms with Crippen LogP contribution in [0.2, 0.25) is 5.02 Å². The summed E-state index contributed by atoms with van der Waals surface area (Å²) in [5.41, 5.74) is 6.50. The zero-order chi connectivity index (χ0) is 15.0. The van der Waals surface area contributed by atoms with Gasteiger partial charge in [0.1, 0.15) is 5.82 Å². The van der Waals surface area contributed by atoms with Crippen LogP contribution in [0.4, 0.5) is 0 Å². The zero-order valence-electron chi connectivity index (χ0n) is 12.4. The van der Waals surface area contributed by atoms with Crippen molar-refractivity contribution in [2.45, 2.75) is 25.9 Å². The molecule has 0 bridgehead atoms. The number of nitrogens with one attached hydrogen (secondary N) is 1. The van der Waals surface area contributed by atoms with Gasteiger partial charge in [-0.15, -0.1) is 12.4 Å². The van der Waals surface area contributed by atoms with E-state index in [1.54, 1.807) is 18.2 Å². The lowest BCUT2D eigenvalue weighted by Crippen LogP contribution is -2.30. The SMILES string of the molecule is CC(N)C1CCN(Cc2nc3ccc(Cl)cc3c(=O)[nH]2)C1.Cl. The molecule has 0 aliphatic carbocycles. The van der Waals surface area contributed by atoms with Crippen molar-refractivity contribution >= 4 is 34.9 Å². The fourth-order valence-corrected chi connectivity index (χ4v) is 3.05. The molecule has 1 aromatic carbocycles. The minimum absolute atomic E-state index is 0. The number of fused-ring (bicyclic) bond motifs is 1. The second-order valence-electron chi connectivity index (χ2n) is 5.82. The van der Waals surface area contributed by atoms with Crippen LogP contribution < -0.4 is 11.3 Å². The first kappa shape index (κ1) is 17.2. The van der Waals surface area contributed by atoms with Gasteiger partial charge in [0, 0.05) is 17.6 Å². The molecule has 5 nitrogen and oxygen atoms in total. The molecule has 1 saturated heterocycles. The van der Waals surface area contributed by atoms with Crippen LogP contribution in [0.1, 0.15) is 19.2 Å². The van der Waals surface area contributed by atoms with Crippen LogP contribution in [-0.4, -0.2) is 34.0 Å². The Hall–Kier alpha value is -1.14. The number of H-pyrrole nitrogens is 1. The van der Waals surface area contributed by atoms with E-state index < -0.39 is 0 Å². The van der Waals surface area contributed by atoms with E-state index in [0.717, 1.165) is 19.5 Å². The molecule has 2 atom stereocenters. The number of nitrogens with two attached hydrogens (primary N) is 1. The standard InChI is InChI=1S/C15H19ClN4O.ClH/c1-9(17)10-4-5-20(7-10)8-14-18-13-3-2-11(16)6-12(13)15(21)19-14;/h2-3,6,9-10H,4-5,7-8,17H2,1H3,(H,18,19,21);1H. The minimum atomic E-state index is -0.138. The summed E-state index contributed by atoms with van der Waals surface area (Å²) in [7, 11) is 0. The highest BCUT2D eigenvalue weighted by Crippen LogP contribution is 2.20. The average molecular weight is 343 g/mol. The number of hydrogen-bond acceptors (Lipinski definition) is 4. The zero-order valence-corrected chi connectivity index (χ0v) is 14.0. The fourth-order valence-electron chi connectivity index (χ4n) is 2.88. The van der Waals surface area contributed by atoms with Crippen molar-refractivity contribution in [3.05, 3.63) is 39.4 Å². The molecule has 3 rings (SSSR count). The Morgan fingerprint density at radius 1 is 1.55 bits per heavy atom. The second-order valence-corrected chi connectivity index (χ2v) is 6.25. The van der Waals surface area contributed by atoms with Gasteiger partial charge in [-0.3, -0.25) is 9.69 Å². The van der Waals surface area contributed by atoms with E-state index in [2.05, 4.69) is 14.9 Å². The van der Waals surface area contributed by atoms with E-state index in [0.29, 0.717) is 34.2 Å². The molecular formula is C15H20Cl2N4O. The number of halogens is 2. The maximum atomic E-state index is 12.1. The molecule has 0 radical (unpaired) electrons. The summed E-state index contributed by atoms with van der Waals surface area (Å²) in [6.07, 6.45) is 1.10. The minimum Gasteiger partial charge on any atom is -0.328 e. The lowest BCUT2D eigenvalue weighted by molar-refractivity contribution is 0.301. The number of rotatable bonds is 3. The van der Waals surface area contributed by atoms with E-state index >= 15 is 0 Å². The third-order valence-electron chi connectivity index (χ3n) is 4.14. The molecule has 2 aromatic rings. The third-order valence-corrected chi connectivity index (χ3v) is 4.38. The molecule has 1 aromatic heterocycles. The van der Waals surface area contributed by atoms with Gasteiger partial charge < -0.3 is 10.7 Å². The van der Waals surface area contributed by atoms with Crippen LogP contribution in [0, 0.1) is 5.92 Å². The molecule has 0 amide bonds. The summed E-state index contributed by atoms with van der Waals surface area (Å²) in [4.78, 5) is 21.8. The van der Waals surface area contributed by atoms with Crippen molar-refractivity contribution in [2.24, 2.45) is 11.7 Å². The number of aromatic amines is 1. The van der Waals surface area contributed by atoms with E-state index in [9.17, 15) is 4.79 Å². The molecule has 1 aliphatic heterocycles. The fraction of sp³-hybridized carbons (Fsp3) is 0.467. The van der Waals surface area contributed by atoms with Crippen LogP contribution in [0.15, 0.2) is 23.0 Å². The van der Waals surface area contributed by atoms with Gasteiger partial charge in [0.05, 0.1) is 17.4 Å². The summed E-state index contributed by atoms with van der Waals surface area (Å²) in [6, 6.07) is 5.39. The third kappa shape index (κ3) is 3.60. The summed E-state index contributed by atoms with van der Waals surface area (Å²) < 4.78 is 0. The van der Waals surface area contributed by atoms with Gasteiger partial charge in [-0.25, -0.2) is 4.98 Å². The van der Waals surface area contributed by atoms with Crippen LogP contribution in [0.5, 0.6) is 0 Å². The van der Waals surface area contributed by atoms with Gasteiger partial charge in [-0.2, -0.15) is 0 Å². The van der Waals surface area contributed by atoms with E-state index in [1.807, 2.05) is 6.92 Å². The number of nitrogens with zero attached hydrogens (tertiary/aromatic N) is 2. The molecule has 22 heavy (non-hydrogen) atoms. The molecule has 120 valence electrons. The van der Waals surface area contributed by atoms with Crippen molar-refractivity contribution in [3.8, 4) is 0 Å². The quantitative estimate of drug-likeness (QED) is 0.896. The van der Waals surface area contributed by atoms with Gasteiger partial charge in [-0.1, -0.05) is 11.6 Å². The Labute approximate surface area is 140 Å². The van der Waals surface area contributed by atoms with Crippen molar-refractivity contribution in [1.82, 2.24) is 14.9 Å². The first-order valence-electron chi connectivity index (χ1n) is 7.19. The molecule has 2 heterocycles. The topological polar surface area (TPSA) is 75.0 Å². The predicted octanol–water partition coefficient (Wildman–Crippen LogP) is 2.17. The van der Waals surface area contributed by atoms with Gasteiger partial charge in [0.15, 0.2) is 0 Å². The molecule has 2 unspecified atom stereocenters. The smallest absolute Gasteiger partial charge is 0.258 e. The monoisotopic (exact) mass is 342 g/mol. The molecule has 3 N–H and O–H groups in total. The lowest BCUT2D eigenvalue weighted by Gasteiger charge is -2.17. The number of likely N-dealkylation sites (tertiary alicyclic amines) is 1. The van der Waals surface area contributed by atoms with Crippen molar-refractivity contribution < 1.29 is 0 Å². The molecular weight excluding hydrogens is 323 g/mol. The van der Waals surface area contributed by atoms with E-state index in [4.69, 9.17) is 17.3 Å². The highest BCUT2D eigenvalue weighted by atomic mass is 35.5. The number of benzene rings is 1. The molecule has 0 saturated carbocycles. The van der Waals surface area contributed by atoms with Gasteiger partial charge >= 0.3 is 0 Å². The van der Waals surface area contributed by atoms with Crippen LogP contribution >= 0.6 is 24.0 Å². The highest BCUT2D eigenvalue weighted by Gasteiger charge is 2.25. The van der Waals surface area contributed by atoms with E-state index in [1.165, 1.54) is 0 Å². The Kier molecular flexibility index (Phi) is 5.45. The Balaban J connectivity index is 0.00000176. The normalized spacial score (nSPS) is 20.0. The van der Waals surface area contributed by atoms with Crippen molar-refractivity contribution in [2.75, 3.05) is 13.1 Å². The lowest BCUT2D eigenvalue weighted by atomic mass is 10.0. The predicted molar refractivity (Wildman–Crippen MR) is 91.7 cm³/mol. The molecule has 1 aliphatic rings. The molecule has 1 fully saturated rings. The van der Waals surface area contributed by atoms with Gasteiger partial charge in [0.25, 0.3) is 5.56 Å². The first-order chi connectivity index (χ1) is 10.0. The van der Waals surface area contributed by atoms with Gasteiger partial charge in [0.2, 0.25) is 0 Å². The second kappa shape index (κ2) is 6.96. The Bertz CT molecular complexity index is 716. The molecule has 7 heteroatoms. The van der Waals surface area contributed by atoms with Crippen LogP contribution in [0.25, 0.3) is 10.9 Å². The van der Waals surface area contributed by atoms with E-state index in [-0.39, 0.29) is 24.0 Å². The average Bonchev–Trinajstić information content (AvgIpc) is 2.88. The first-order valence-corrected chi connectivity index (χ1v) is 7.57. The maximum Gasteiger partial charge on any atom is 0.258 e. The van der Waals surface area contributed by atoms with Crippen molar-refractivity contribution in [1.29, 1.82) is 0 Å². The largest absolute Gasteiger partial charge is 0.328 e. The summed E-state index contributed by atoms with van der Waals surface area (Å²) in [5.74, 6) is 1.22.